The van der Waals surface area contributed by atoms with Crippen LogP contribution >= 0.6 is 0 Å². The Balaban J connectivity index is 1.64. The summed E-state index contributed by atoms with van der Waals surface area (Å²) in [5.74, 6) is -0.423. The van der Waals surface area contributed by atoms with E-state index in [1.807, 2.05) is 59.5 Å². The smallest absolute Gasteiger partial charge is 0.236 e. The number of carbonyl (C=O) groups excluding carboxylic acids is 1. The normalized spacial score (nSPS) is 12.3. The Morgan fingerprint density at radius 1 is 0.893 bits per heavy atom. The number of amides is 1. The molecular weight excluding hydrogens is 350 g/mol. The third-order valence-corrected chi connectivity index (χ3v) is 4.97. The van der Waals surface area contributed by atoms with Crippen LogP contribution in [0.1, 0.15) is 0 Å². The summed E-state index contributed by atoms with van der Waals surface area (Å²) in [7, 11) is 0. The predicted molar refractivity (Wildman–Crippen MR) is 113 cm³/mol. The second-order valence-corrected chi connectivity index (χ2v) is 6.98. The zero-order valence-electron chi connectivity index (χ0n) is 15.5. The van der Waals surface area contributed by atoms with E-state index >= 15 is 0 Å². The number of benzene rings is 3. The molecule has 0 bridgehead atoms. The van der Waals surface area contributed by atoms with Gasteiger partial charge in [-0.15, -0.1) is 0 Å². The molecule has 0 fully saturated rings. The molecule has 5 heteroatoms. The van der Waals surface area contributed by atoms with Gasteiger partial charge in [-0.2, -0.15) is 0 Å². The second kappa shape index (κ2) is 7.74. The summed E-state index contributed by atoms with van der Waals surface area (Å²) in [5, 5.41) is 13.2. The van der Waals surface area contributed by atoms with Crippen molar-refractivity contribution in [1.82, 2.24) is 4.57 Å². The average molecular weight is 373 g/mol. The fraction of sp³-hybridized carbons (Fsp3) is 0.174. The molecule has 142 valence electrons. The number of hydrogen-bond acceptors (Lipinski definition) is 3. The lowest BCUT2D eigenvalue weighted by Crippen LogP contribution is -2.40. The molecule has 4 rings (SSSR count). The maximum Gasteiger partial charge on any atom is 0.236 e. The molecule has 1 amide bonds. The highest BCUT2D eigenvalue weighted by atomic mass is 16.3. The van der Waals surface area contributed by atoms with Crippen LogP contribution < -0.4 is 10.6 Å². The number of rotatable bonds is 7. The number of carbonyl (C=O) groups is 1. The quantitative estimate of drug-likeness (QED) is 0.523. The van der Waals surface area contributed by atoms with E-state index in [-0.39, 0.29) is 6.54 Å². The fourth-order valence-electron chi connectivity index (χ4n) is 3.81. The summed E-state index contributed by atoms with van der Waals surface area (Å²) >= 11 is 0. The molecule has 1 aromatic heterocycles. The zero-order chi connectivity index (χ0) is 19.5. The van der Waals surface area contributed by atoms with E-state index in [0.717, 1.165) is 16.7 Å². The molecule has 4 aromatic rings. The number of primary amides is 1. The van der Waals surface area contributed by atoms with Gasteiger partial charge in [0, 0.05) is 34.0 Å². The minimum Gasteiger partial charge on any atom is -0.389 e. The summed E-state index contributed by atoms with van der Waals surface area (Å²) in [6, 6.07) is 26.0. The van der Waals surface area contributed by atoms with Crippen LogP contribution in [-0.4, -0.2) is 34.8 Å². The number of anilines is 1. The van der Waals surface area contributed by atoms with Crippen molar-refractivity contribution in [1.29, 1.82) is 0 Å². The van der Waals surface area contributed by atoms with Gasteiger partial charge in [-0.1, -0.05) is 54.6 Å². The Kier molecular flexibility index (Phi) is 5.00. The molecular formula is C23H23N3O2. The molecule has 5 nitrogen and oxygen atoms in total. The number of para-hydroxylation sites is 3. The largest absolute Gasteiger partial charge is 0.389 e. The van der Waals surface area contributed by atoms with Gasteiger partial charge in [-0.05, 0) is 24.3 Å². The first kappa shape index (κ1) is 18.1. The van der Waals surface area contributed by atoms with Gasteiger partial charge in [-0.25, -0.2) is 0 Å². The molecule has 0 aliphatic heterocycles. The molecule has 0 saturated heterocycles. The molecule has 1 atom stereocenters. The third kappa shape index (κ3) is 3.57. The maximum absolute atomic E-state index is 11.5. The Morgan fingerprint density at radius 2 is 1.43 bits per heavy atom. The average Bonchev–Trinajstić information content (AvgIpc) is 3.02. The minimum atomic E-state index is -0.668. The number of aliphatic hydroxyl groups excluding tert-OH is 1. The van der Waals surface area contributed by atoms with Crippen molar-refractivity contribution in [2.24, 2.45) is 5.73 Å². The molecule has 0 saturated carbocycles. The summed E-state index contributed by atoms with van der Waals surface area (Å²) < 4.78 is 2.14. The Morgan fingerprint density at radius 3 is 2.00 bits per heavy atom. The van der Waals surface area contributed by atoms with E-state index < -0.39 is 12.0 Å². The monoisotopic (exact) mass is 373 g/mol. The van der Waals surface area contributed by atoms with Crippen molar-refractivity contribution in [3.8, 4) is 0 Å². The van der Waals surface area contributed by atoms with Gasteiger partial charge in [0.1, 0.15) is 0 Å². The SMILES string of the molecule is NC(=O)CN(CC(O)Cn1c2ccccc2c2ccccc21)c1ccccc1. The zero-order valence-corrected chi connectivity index (χ0v) is 15.5. The lowest BCUT2D eigenvalue weighted by atomic mass is 10.2. The van der Waals surface area contributed by atoms with E-state index in [9.17, 15) is 9.90 Å². The van der Waals surface area contributed by atoms with Crippen molar-refractivity contribution in [3.05, 3.63) is 78.9 Å². The van der Waals surface area contributed by atoms with Crippen molar-refractivity contribution in [3.63, 3.8) is 0 Å². The van der Waals surface area contributed by atoms with E-state index in [4.69, 9.17) is 5.73 Å². The van der Waals surface area contributed by atoms with Crippen LogP contribution in [-0.2, 0) is 11.3 Å². The van der Waals surface area contributed by atoms with Crippen LogP contribution in [0.15, 0.2) is 78.9 Å². The Labute approximate surface area is 163 Å². The lowest BCUT2D eigenvalue weighted by molar-refractivity contribution is -0.116. The van der Waals surface area contributed by atoms with Crippen LogP contribution in [0.4, 0.5) is 5.69 Å². The van der Waals surface area contributed by atoms with Gasteiger partial charge in [0.2, 0.25) is 5.91 Å². The van der Waals surface area contributed by atoms with Crippen LogP contribution in [0.5, 0.6) is 0 Å². The summed E-state index contributed by atoms with van der Waals surface area (Å²) in [6.45, 7) is 0.804. The van der Waals surface area contributed by atoms with Crippen molar-refractivity contribution in [2.75, 3.05) is 18.0 Å². The van der Waals surface area contributed by atoms with Crippen molar-refractivity contribution < 1.29 is 9.90 Å². The highest BCUT2D eigenvalue weighted by molar-refractivity contribution is 6.07. The van der Waals surface area contributed by atoms with Crippen LogP contribution in [0.3, 0.4) is 0 Å². The molecule has 0 aliphatic rings. The van der Waals surface area contributed by atoms with Crippen molar-refractivity contribution in [2.45, 2.75) is 12.6 Å². The van der Waals surface area contributed by atoms with Gasteiger partial charge in [0.05, 0.1) is 19.2 Å². The summed E-state index contributed by atoms with van der Waals surface area (Å²) in [5.41, 5.74) is 8.46. The first-order chi connectivity index (χ1) is 13.6. The standard InChI is InChI=1S/C23H23N3O2/c24-23(28)16-25(17-8-2-1-3-9-17)14-18(27)15-26-21-12-6-4-10-19(21)20-11-5-7-13-22(20)26/h1-13,18,27H,14-16H2,(H2,24,28). The van der Waals surface area contributed by atoms with E-state index in [0.29, 0.717) is 13.1 Å². The van der Waals surface area contributed by atoms with Crippen LogP contribution in [0.25, 0.3) is 21.8 Å². The minimum absolute atomic E-state index is 0.0637. The van der Waals surface area contributed by atoms with Gasteiger partial charge in [0.25, 0.3) is 0 Å². The number of hydrogen-bond donors (Lipinski definition) is 2. The Bertz CT molecular complexity index is 1050. The van der Waals surface area contributed by atoms with E-state index in [2.05, 4.69) is 28.8 Å². The summed E-state index contributed by atoms with van der Waals surface area (Å²) in [4.78, 5) is 13.3. The number of nitrogens with two attached hydrogens (primary N) is 1. The number of aromatic nitrogens is 1. The molecule has 1 heterocycles. The second-order valence-electron chi connectivity index (χ2n) is 6.98. The molecule has 0 radical (unpaired) electrons. The molecule has 3 aromatic carbocycles. The highest BCUT2D eigenvalue weighted by Gasteiger charge is 2.17. The van der Waals surface area contributed by atoms with Gasteiger partial charge < -0.3 is 20.3 Å². The van der Waals surface area contributed by atoms with Crippen molar-refractivity contribution >= 4 is 33.4 Å². The molecule has 1 unspecified atom stereocenters. The van der Waals surface area contributed by atoms with Gasteiger partial charge in [-0.3, -0.25) is 4.79 Å². The fourth-order valence-corrected chi connectivity index (χ4v) is 3.81. The maximum atomic E-state index is 11.5. The van der Waals surface area contributed by atoms with Crippen LogP contribution in [0.2, 0.25) is 0 Å². The van der Waals surface area contributed by atoms with E-state index in [1.165, 1.54) is 10.8 Å². The van der Waals surface area contributed by atoms with Crippen LogP contribution in [0, 0.1) is 0 Å². The summed E-state index contributed by atoms with van der Waals surface area (Å²) in [6.07, 6.45) is -0.668. The van der Waals surface area contributed by atoms with E-state index in [1.54, 1.807) is 0 Å². The molecule has 3 N–H and O–H groups in total. The molecule has 28 heavy (non-hydrogen) atoms. The highest BCUT2D eigenvalue weighted by Crippen LogP contribution is 2.29. The topological polar surface area (TPSA) is 71.5 Å². The molecule has 0 aliphatic carbocycles. The number of aliphatic hydroxyl groups is 1. The number of nitrogens with zero attached hydrogens (tertiary/aromatic N) is 2. The lowest BCUT2D eigenvalue weighted by Gasteiger charge is -2.26. The predicted octanol–water partition coefficient (Wildman–Crippen LogP) is 3.15. The van der Waals surface area contributed by atoms with Gasteiger partial charge >= 0.3 is 0 Å². The first-order valence-electron chi connectivity index (χ1n) is 9.36. The van der Waals surface area contributed by atoms with Gasteiger partial charge in [0.15, 0.2) is 0 Å². The number of fused-ring (bicyclic) bond motifs is 3. The molecule has 0 spiro atoms. The first-order valence-corrected chi connectivity index (χ1v) is 9.36. The Hall–Kier alpha value is -3.31. The third-order valence-electron chi connectivity index (χ3n) is 4.97.